The molecule has 37 heavy (non-hydrogen) atoms. The summed E-state index contributed by atoms with van der Waals surface area (Å²) in [4.78, 5) is 26.5. The molecule has 0 atom stereocenters. The van der Waals surface area contributed by atoms with E-state index in [0.717, 1.165) is 15.4 Å². The van der Waals surface area contributed by atoms with Gasteiger partial charge in [0, 0.05) is 7.05 Å². The van der Waals surface area contributed by atoms with E-state index in [1.807, 2.05) is 37.3 Å². The number of nitrogens with one attached hydrogen (secondary N) is 1. The van der Waals surface area contributed by atoms with Crippen LogP contribution in [-0.2, 0) is 21.9 Å². The summed E-state index contributed by atoms with van der Waals surface area (Å²) in [5.41, 5.74) is 4.48. The zero-order valence-corrected chi connectivity index (χ0v) is 21.5. The molecule has 0 fully saturated rings. The standard InChI is InChI=1S/C27H27N5O4S/c1-20-14-16-22(17-15-20)18-28-29-25(33)19-31(37(35,36)24-12-8-5-9-13-24)26-21(2)30(3)32(27(26)34)23-10-6-4-7-11-23/h4-18H,19H2,1-3H3,(H,29,33)/b28-18-. The second-order valence-corrected chi connectivity index (χ2v) is 10.3. The van der Waals surface area contributed by atoms with E-state index in [-0.39, 0.29) is 10.6 Å². The van der Waals surface area contributed by atoms with Crippen LogP contribution in [0, 0.1) is 13.8 Å². The van der Waals surface area contributed by atoms with Crippen molar-refractivity contribution < 1.29 is 13.2 Å². The van der Waals surface area contributed by atoms with Gasteiger partial charge in [0.25, 0.3) is 21.5 Å². The molecule has 4 aromatic rings. The van der Waals surface area contributed by atoms with Gasteiger partial charge >= 0.3 is 0 Å². The van der Waals surface area contributed by atoms with Crippen molar-refractivity contribution in [3.63, 3.8) is 0 Å². The van der Waals surface area contributed by atoms with Crippen molar-refractivity contribution >= 4 is 27.8 Å². The first-order chi connectivity index (χ1) is 17.7. The lowest BCUT2D eigenvalue weighted by molar-refractivity contribution is -0.119. The lowest BCUT2D eigenvalue weighted by Gasteiger charge is -2.22. The Labute approximate surface area is 215 Å². The third-order valence-corrected chi connectivity index (χ3v) is 7.63. The normalized spacial score (nSPS) is 11.5. The summed E-state index contributed by atoms with van der Waals surface area (Å²) in [6, 6.07) is 24.1. The quantitative estimate of drug-likeness (QED) is 0.286. The highest BCUT2D eigenvalue weighted by atomic mass is 32.2. The first-order valence-electron chi connectivity index (χ1n) is 11.5. The van der Waals surface area contributed by atoms with Crippen molar-refractivity contribution in [3.05, 3.63) is 112 Å². The third-order valence-electron chi connectivity index (χ3n) is 5.87. The molecular weight excluding hydrogens is 490 g/mol. The van der Waals surface area contributed by atoms with Crippen molar-refractivity contribution in [2.45, 2.75) is 18.7 Å². The molecule has 0 aliphatic rings. The van der Waals surface area contributed by atoms with Crippen molar-refractivity contribution in [3.8, 4) is 5.69 Å². The van der Waals surface area contributed by atoms with Crippen molar-refractivity contribution in [2.24, 2.45) is 12.1 Å². The van der Waals surface area contributed by atoms with Gasteiger partial charge in [-0.05, 0) is 43.7 Å². The van der Waals surface area contributed by atoms with Crippen LogP contribution in [0.3, 0.4) is 0 Å². The first kappa shape index (κ1) is 25.6. The van der Waals surface area contributed by atoms with E-state index in [2.05, 4.69) is 10.5 Å². The van der Waals surface area contributed by atoms with Gasteiger partial charge in [-0.15, -0.1) is 0 Å². The molecule has 10 heteroatoms. The van der Waals surface area contributed by atoms with Crippen LogP contribution in [0.25, 0.3) is 5.69 Å². The first-order valence-corrected chi connectivity index (χ1v) is 12.9. The van der Waals surface area contributed by atoms with Crippen LogP contribution >= 0.6 is 0 Å². The lowest BCUT2D eigenvalue weighted by atomic mass is 10.2. The Morgan fingerprint density at radius 2 is 1.54 bits per heavy atom. The van der Waals surface area contributed by atoms with Crippen LogP contribution in [0.5, 0.6) is 0 Å². The minimum absolute atomic E-state index is 0.0418. The van der Waals surface area contributed by atoms with Gasteiger partial charge in [0.1, 0.15) is 12.2 Å². The van der Waals surface area contributed by atoms with E-state index in [1.165, 1.54) is 23.0 Å². The molecule has 0 aliphatic carbocycles. The van der Waals surface area contributed by atoms with Crippen molar-refractivity contribution in [1.82, 2.24) is 14.8 Å². The molecule has 0 radical (unpaired) electrons. The summed E-state index contributed by atoms with van der Waals surface area (Å²) < 4.78 is 31.2. The smallest absolute Gasteiger partial charge is 0.283 e. The Morgan fingerprint density at radius 3 is 2.16 bits per heavy atom. The second kappa shape index (κ2) is 10.7. The number of benzene rings is 3. The number of amides is 1. The lowest BCUT2D eigenvalue weighted by Crippen LogP contribution is -2.42. The Bertz CT molecular complexity index is 1590. The van der Waals surface area contributed by atoms with E-state index in [1.54, 1.807) is 61.1 Å². The summed E-state index contributed by atoms with van der Waals surface area (Å²) in [5, 5.41) is 3.95. The number of hydrogen-bond acceptors (Lipinski definition) is 5. The van der Waals surface area contributed by atoms with Gasteiger partial charge in [-0.1, -0.05) is 66.2 Å². The van der Waals surface area contributed by atoms with Crippen LogP contribution in [0.1, 0.15) is 16.8 Å². The number of rotatable bonds is 8. The van der Waals surface area contributed by atoms with Crippen LogP contribution in [0.4, 0.5) is 5.69 Å². The molecule has 1 aromatic heterocycles. The fourth-order valence-corrected chi connectivity index (χ4v) is 5.34. The zero-order chi connectivity index (χ0) is 26.6. The van der Waals surface area contributed by atoms with E-state index in [9.17, 15) is 18.0 Å². The largest absolute Gasteiger partial charge is 0.296 e. The Hall–Kier alpha value is -4.44. The number of anilines is 1. The SMILES string of the molecule is Cc1ccc(/C=N\NC(=O)CN(c2c(C)n(C)n(-c3ccccc3)c2=O)S(=O)(=O)c2ccccc2)cc1. The highest BCUT2D eigenvalue weighted by Gasteiger charge is 2.33. The van der Waals surface area contributed by atoms with Gasteiger partial charge in [0.05, 0.1) is 22.5 Å². The molecule has 190 valence electrons. The van der Waals surface area contributed by atoms with Crippen LogP contribution in [0.2, 0.25) is 0 Å². The molecule has 1 amide bonds. The minimum atomic E-state index is -4.27. The van der Waals surface area contributed by atoms with E-state index in [4.69, 9.17) is 0 Å². The number of carbonyl (C=O) groups excluding carboxylic acids is 1. The number of aryl methyl sites for hydroxylation is 1. The van der Waals surface area contributed by atoms with Gasteiger partial charge in [-0.3, -0.25) is 14.3 Å². The fourth-order valence-electron chi connectivity index (χ4n) is 3.84. The summed E-state index contributed by atoms with van der Waals surface area (Å²) in [5.74, 6) is -0.697. The average Bonchev–Trinajstić information content (AvgIpc) is 3.12. The molecule has 0 spiro atoms. The predicted octanol–water partition coefficient (Wildman–Crippen LogP) is 3.14. The highest BCUT2D eigenvalue weighted by molar-refractivity contribution is 7.92. The third kappa shape index (κ3) is 5.39. The summed E-state index contributed by atoms with van der Waals surface area (Å²) >= 11 is 0. The van der Waals surface area contributed by atoms with E-state index in [0.29, 0.717) is 11.4 Å². The number of carbonyl (C=O) groups is 1. The fraction of sp³-hybridized carbons (Fsp3) is 0.148. The second-order valence-electron chi connectivity index (χ2n) is 8.44. The van der Waals surface area contributed by atoms with E-state index < -0.39 is 28.0 Å². The summed E-state index contributed by atoms with van der Waals surface area (Å²) in [6.45, 7) is 2.95. The van der Waals surface area contributed by atoms with Gasteiger partial charge in [-0.25, -0.2) is 22.8 Å². The molecule has 0 saturated carbocycles. The molecule has 0 bridgehead atoms. The molecule has 1 N–H and O–H groups in total. The van der Waals surface area contributed by atoms with Gasteiger partial charge in [0.15, 0.2) is 0 Å². The van der Waals surface area contributed by atoms with Crippen LogP contribution in [0.15, 0.2) is 99.7 Å². The average molecular weight is 518 g/mol. The molecule has 4 rings (SSSR count). The van der Waals surface area contributed by atoms with Crippen molar-refractivity contribution in [2.75, 3.05) is 10.8 Å². The van der Waals surface area contributed by atoms with Gasteiger partial charge < -0.3 is 0 Å². The van der Waals surface area contributed by atoms with E-state index >= 15 is 0 Å². The number of nitrogens with zero attached hydrogens (tertiary/aromatic N) is 4. The number of hydrogen-bond donors (Lipinski definition) is 1. The summed E-state index contributed by atoms with van der Waals surface area (Å²) in [7, 11) is -2.61. The van der Waals surface area contributed by atoms with Crippen molar-refractivity contribution in [1.29, 1.82) is 0 Å². The Balaban J connectivity index is 1.73. The van der Waals surface area contributed by atoms with Gasteiger partial charge in [0.2, 0.25) is 0 Å². The molecule has 9 nitrogen and oxygen atoms in total. The molecule has 1 heterocycles. The zero-order valence-electron chi connectivity index (χ0n) is 20.7. The molecule has 0 aliphatic heterocycles. The number of sulfonamides is 1. The maximum Gasteiger partial charge on any atom is 0.296 e. The maximum atomic E-state index is 13.7. The summed E-state index contributed by atoms with van der Waals surface area (Å²) in [6.07, 6.45) is 1.46. The topological polar surface area (TPSA) is 106 Å². The number of para-hydroxylation sites is 1. The highest BCUT2D eigenvalue weighted by Crippen LogP contribution is 2.25. The molecule has 0 saturated heterocycles. The number of hydrazone groups is 1. The van der Waals surface area contributed by atoms with Crippen LogP contribution in [-0.4, -0.2) is 36.4 Å². The maximum absolute atomic E-state index is 13.7. The van der Waals surface area contributed by atoms with Gasteiger partial charge in [-0.2, -0.15) is 5.10 Å². The molecular formula is C27H27N5O4S. The molecule has 0 unspecified atom stereocenters. The number of aromatic nitrogens is 2. The Morgan fingerprint density at radius 1 is 0.946 bits per heavy atom. The minimum Gasteiger partial charge on any atom is -0.283 e. The van der Waals surface area contributed by atoms with Crippen LogP contribution < -0.4 is 15.3 Å². The monoisotopic (exact) mass is 517 g/mol. The Kier molecular flexibility index (Phi) is 7.40. The molecule has 3 aromatic carbocycles. The predicted molar refractivity (Wildman–Crippen MR) is 144 cm³/mol.